The molecule has 0 aliphatic heterocycles. The van der Waals surface area contributed by atoms with Gasteiger partial charge in [0.05, 0.1) is 0 Å². The molecule has 0 N–H and O–H groups in total. The highest BCUT2D eigenvalue weighted by molar-refractivity contribution is 4.92. The Labute approximate surface area is 70.1 Å². The predicted octanol–water partition coefficient (Wildman–Crippen LogP) is 1.76. The van der Waals surface area contributed by atoms with Crippen molar-refractivity contribution in [1.29, 1.82) is 0 Å². The van der Waals surface area contributed by atoms with E-state index < -0.39 is 0 Å². The van der Waals surface area contributed by atoms with E-state index in [1.807, 2.05) is 6.92 Å². The molecule has 0 saturated heterocycles. The van der Waals surface area contributed by atoms with Gasteiger partial charge in [0.25, 0.3) is 0 Å². The molecule has 1 unspecified atom stereocenters. The Balaban J connectivity index is 3.53. The van der Waals surface area contributed by atoms with Gasteiger partial charge < -0.3 is 4.90 Å². The van der Waals surface area contributed by atoms with Crippen LogP contribution in [0.5, 0.6) is 0 Å². The van der Waals surface area contributed by atoms with Crippen molar-refractivity contribution in [2.75, 3.05) is 20.1 Å². The second-order valence-corrected chi connectivity index (χ2v) is 2.86. The fourth-order valence-electron chi connectivity index (χ4n) is 0.880. The third kappa shape index (κ3) is 5.69. The lowest BCUT2D eigenvalue weighted by molar-refractivity contribution is 0.343. The topological polar surface area (TPSA) is 3.24 Å². The maximum absolute atomic E-state index is 5.25. The first-order valence-corrected chi connectivity index (χ1v) is 3.96. The van der Waals surface area contributed by atoms with Gasteiger partial charge in [-0.05, 0) is 14.0 Å². The molecule has 0 aromatic heterocycles. The fraction of sp³-hybridized carbons (Fsp3) is 0.600. The molecule has 1 heteroatoms. The lowest BCUT2D eigenvalue weighted by Crippen LogP contribution is -2.23. The first kappa shape index (κ1) is 10.3. The Morgan fingerprint density at radius 1 is 1.64 bits per heavy atom. The van der Waals surface area contributed by atoms with Crippen LogP contribution < -0.4 is 0 Å². The third-order valence-electron chi connectivity index (χ3n) is 1.52. The number of rotatable bonds is 4. The van der Waals surface area contributed by atoms with E-state index >= 15 is 0 Å². The summed E-state index contributed by atoms with van der Waals surface area (Å²) in [5.74, 6) is 3.06. The fourth-order valence-corrected chi connectivity index (χ4v) is 0.880. The molecule has 0 saturated carbocycles. The summed E-state index contributed by atoms with van der Waals surface area (Å²) in [6.45, 7) is 6.05. The van der Waals surface area contributed by atoms with Crippen molar-refractivity contribution >= 4 is 0 Å². The van der Waals surface area contributed by atoms with E-state index in [1.165, 1.54) is 0 Å². The highest BCUT2D eigenvalue weighted by Gasteiger charge is 1.99. The number of hydrogen-bond donors (Lipinski definition) is 0. The van der Waals surface area contributed by atoms with Gasteiger partial charge in [0.1, 0.15) is 0 Å². The molecule has 1 atom stereocenters. The van der Waals surface area contributed by atoms with Gasteiger partial charge in [0, 0.05) is 19.0 Å². The van der Waals surface area contributed by atoms with Crippen molar-refractivity contribution < 1.29 is 0 Å². The normalized spacial score (nSPS) is 13.7. The zero-order chi connectivity index (χ0) is 8.69. The maximum Gasteiger partial charge on any atom is 0.0299 e. The van der Waals surface area contributed by atoms with E-state index in [0.717, 1.165) is 13.1 Å². The van der Waals surface area contributed by atoms with Crippen molar-refractivity contribution in [2.45, 2.75) is 13.8 Å². The van der Waals surface area contributed by atoms with Gasteiger partial charge in [0.15, 0.2) is 0 Å². The SMILES string of the molecule is C#CC(C)CN(C)C/C=C\C. The van der Waals surface area contributed by atoms with Crippen LogP contribution >= 0.6 is 0 Å². The standard InChI is InChI=1S/C10H17N/c1-5-7-8-11(4)9-10(3)6-2/h2,5,7,10H,8-9H2,1,3-4H3/b7-5-. The lowest BCUT2D eigenvalue weighted by Gasteiger charge is -2.15. The molecule has 11 heavy (non-hydrogen) atoms. The van der Waals surface area contributed by atoms with E-state index in [-0.39, 0.29) is 0 Å². The van der Waals surface area contributed by atoms with Gasteiger partial charge in [0.2, 0.25) is 0 Å². The molecule has 0 aliphatic rings. The van der Waals surface area contributed by atoms with Crippen LogP contribution in [-0.2, 0) is 0 Å². The van der Waals surface area contributed by atoms with Crippen LogP contribution in [-0.4, -0.2) is 25.0 Å². The molecule has 62 valence electrons. The van der Waals surface area contributed by atoms with Crippen LogP contribution in [0, 0.1) is 18.3 Å². The molecule has 0 aliphatic carbocycles. The summed E-state index contributed by atoms with van der Waals surface area (Å²) >= 11 is 0. The molecule has 0 aromatic carbocycles. The molecule has 0 spiro atoms. The Morgan fingerprint density at radius 2 is 2.27 bits per heavy atom. The van der Waals surface area contributed by atoms with Crippen LogP contribution in [0.2, 0.25) is 0 Å². The molecule has 0 heterocycles. The lowest BCUT2D eigenvalue weighted by atomic mass is 10.2. The van der Waals surface area contributed by atoms with Gasteiger partial charge in [-0.1, -0.05) is 19.1 Å². The maximum atomic E-state index is 5.25. The Morgan fingerprint density at radius 3 is 2.73 bits per heavy atom. The van der Waals surface area contributed by atoms with E-state index in [0.29, 0.717) is 5.92 Å². The van der Waals surface area contributed by atoms with Gasteiger partial charge in [-0.2, -0.15) is 0 Å². The van der Waals surface area contributed by atoms with Crippen LogP contribution in [0.3, 0.4) is 0 Å². The predicted molar refractivity (Wildman–Crippen MR) is 50.3 cm³/mol. The van der Waals surface area contributed by atoms with Crippen molar-refractivity contribution in [2.24, 2.45) is 5.92 Å². The Kier molecular flexibility index (Phi) is 5.60. The zero-order valence-electron chi connectivity index (χ0n) is 7.67. The second kappa shape index (κ2) is 6.00. The summed E-state index contributed by atoms with van der Waals surface area (Å²) in [5, 5.41) is 0. The van der Waals surface area contributed by atoms with Crippen molar-refractivity contribution in [3.05, 3.63) is 12.2 Å². The average molecular weight is 151 g/mol. The number of nitrogens with zero attached hydrogens (tertiary/aromatic N) is 1. The number of allylic oxidation sites excluding steroid dienone is 1. The van der Waals surface area contributed by atoms with Crippen molar-refractivity contribution in [1.82, 2.24) is 4.90 Å². The zero-order valence-corrected chi connectivity index (χ0v) is 7.67. The van der Waals surface area contributed by atoms with Crippen LogP contribution in [0.4, 0.5) is 0 Å². The second-order valence-electron chi connectivity index (χ2n) is 2.86. The van der Waals surface area contributed by atoms with Crippen molar-refractivity contribution in [3.63, 3.8) is 0 Å². The molecule has 0 radical (unpaired) electrons. The molecule has 0 amide bonds. The minimum absolute atomic E-state index is 0.352. The van der Waals surface area contributed by atoms with Gasteiger partial charge in [-0.3, -0.25) is 0 Å². The van der Waals surface area contributed by atoms with Crippen LogP contribution in [0.15, 0.2) is 12.2 Å². The first-order valence-electron chi connectivity index (χ1n) is 3.96. The quantitative estimate of drug-likeness (QED) is 0.437. The minimum atomic E-state index is 0.352. The average Bonchev–Trinajstić information content (AvgIpc) is 2.00. The molecule has 0 aromatic rings. The smallest absolute Gasteiger partial charge is 0.0299 e. The summed E-state index contributed by atoms with van der Waals surface area (Å²) in [7, 11) is 2.08. The summed E-state index contributed by atoms with van der Waals surface area (Å²) in [6.07, 6.45) is 9.44. The van der Waals surface area contributed by atoms with E-state index in [2.05, 4.69) is 36.9 Å². The number of terminal acetylenes is 1. The molecular weight excluding hydrogens is 134 g/mol. The molecular formula is C10H17N. The summed E-state index contributed by atoms with van der Waals surface area (Å²) in [4.78, 5) is 2.21. The monoisotopic (exact) mass is 151 g/mol. The van der Waals surface area contributed by atoms with Crippen molar-refractivity contribution in [3.8, 4) is 12.3 Å². The molecule has 0 rings (SSSR count). The summed E-state index contributed by atoms with van der Waals surface area (Å²) in [6, 6.07) is 0. The van der Waals surface area contributed by atoms with Gasteiger partial charge in [-0.25, -0.2) is 0 Å². The molecule has 1 nitrogen and oxygen atoms in total. The van der Waals surface area contributed by atoms with E-state index in [4.69, 9.17) is 6.42 Å². The minimum Gasteiger partial charge on any atom is -0.302 e. The highest BCUT2D eigenvalue weighted by Crippen LogP contribution is 1.95. The van der Waals surface area contributed by atoms with E-state index in [1.54, 1.807) is 0 Å². The molecule has 0 fully saturated rings. The Hall–Kier alpha value is -0.740. The molecule has 0 bridgehead atoms. The Bertz CT molecular complexity index is 153. The van der Waals surface area contributed by atoms with Gasteiger partial charge >= 0.3 is 0 Å². The third-order valence-corrected chi connectivity index (χ3v) is 1.52. The largest absolute Gasteiger partial charge is 0.302 e. The van der Waals surface area contributed by atoms with Gasteiger partial charge in [-0.15, -0.1) is 12.3 Å². The summed E-state index contributed by atoms with van der Waals surface area (Å²) in [5.41, 5.74) is 0. The summed E-state index contributed by atoms with van der Waals surface area (Å²) < 4.78 is 0. The van der Waals surface area contributed by atoms with E-state index in [9.17, 15) is 0 Å². The number of hydrogen-bond acceptors (Lipinski definition) is 1. The highest BCUT2D eigenvalue weighted by atomic mass is 15.1. The first-order chi connectivity index (χ1) is 5.20. The van der Waals surface area contributed by atoms with Crippen LogP contribution in [0.1, 0.15) is 13.8 Å². The number of likely N-dealkylation sites (N-methyl/N-ethyl adjacent to an activating group) is 1. The van der Waals surface area contributed by atoms with Crippen LogP contribution in [0.25, 0.3) is 0 Å².